The zero-order valence-electron chi connectivity index (χ0n) is 12.1. The summed E-state index contributed by atoms with van der Waals surface area (Å²) in [7, 11) is 0. The van der Waals surface area contributed by atoms with Crippen LogP contribution in [0.15, 0.2) is 24.3 Å². The number of nitrogens with one attached hydrogen (secondary N) is 1. The molecular weight excluding hydrogens is 282 g/mol. The zero-order chi connectivity index (χ0) is 15.5. The molecule has 2 unspecified atom stereocenters. The Balaban J connectivity index is 1.95. The molecular formula is C16H21F4N. The molecule has 0 aromatic heterocycles. The van der Waals surface area contributed by atoms with Crippen LogP contribution in [0.4, 0.5) is 17.6 Å². The van der Waals surface area contributed by atoms with E-state index in [0.29, 0.717) is 12.0 Å². The number of hydrogen-bond donors (Lipinski definition) is 1. The van der Waals surface area contributed by atoms with Crippen LogP contribution in [0, 0.1) is 0 Å². The van der Waals surface area contributed by atoms with Gasteiger partial charge in [-0.3, -0.25) is 0 Å². The summed E-state index contributed by atoms with van der Waals surface area (Å²) in [4.78, 5) is 0. The van der Waals surface area contributed by atoms with Crippen LogP contribution in [0.1, 0.15) is 43.7 Å². The van der Waals surface area contributed by atoms with E-state index in [0.717, 1.165) is 37.9 Å². The summed E-state index contributed by atoms with van der Waals surface area (Å²) in [6.45, 7) is 2.45. The van der Waals surface area contributed by atoms with Crippen LogP contribution in [0.25, 0.3) is 0 Å². The first-order valence-corrected chi connectivity index (χ1v) is 7.35. The van der Waals surface area contributed by atoms with Crippen molar-refractivity contribution in [3.63, 3.8) is 0 Å². The predicted molar refractivity (Wildman–Crippen MR) is 74.9 cm³/mol. The maximum absolute atomic E-state index is 14.6. The van der Waals surface area contributed by atoms with Gasteiger partial charge in [0.25, 0.3) is 0 Å². The number of piperidine rings is 1. The first-order valence-electron chi connectivity index (χ1n) is 7.35. The molecule has 0 amide bonds. The lowest BCUT2D eigenvalue weighted by molar-refractivity contribution is -0.137. The van der Waals surface area contributed by atoms with Crippen LogP contribution in [-0.2, 0) is 12.6 Å². The molecule has 1 heterocycles. The molecule has 2 rings (SSSR count). The summed E-state index contributed by atoms with van der Waals surface area (Å²) < 4.78 is 52.1. The van der Waals surface area contributed by atoms with Crippen LogP contribution < -0.4 is 5.32 Å². The van der Waals surface area contributed by atoms with E-state index < -0.39 is 17.4 Å². The topological polar surface area (TPSA) is 12.0 Å². The molecule has 1 aromatic carbocycles. The molecule has 2 atom stereocenters. The van der Waals surface area contributed by atoms with Crippen molar-refractivity contribution < 1.29 is 17.6 Å². The van der Waals surface area contributed by atoms with Gasteiger partial charge < -0.3 is 5.32 Å². The highest BCUT2D eigenvalue weighted by atomic mass is 19.4. The average molecular weight is 303 g/mol. The predicted octanol–water partition coefficient (Wildman–Crippen LogP) is 4.51. The minimum atomic E-state index is -4.34. The third kappa shape index (κ3) is 4.99. The molecule has 1 aliphatic heterocycles. The first-order chi connectivity index (χ1) is 9.76. The van der Waals surface area contributed by atoms with E-state index in [4.69, 9.17) is 0 Å². The fourth-order valence-electron chi connectivity index (χ4n) is 2.92. The van der Waals surface area contributed by atoms with E-state index in [1.165, 1.54) is 19.1 Å². The van der Waals surface area contributed by atoms with Crippen molar-refractivity contribution in [3.8, 4) is 0 Å². The second-order valence-corrected chi connectivity index (χ2v) is 6.14. The summed E-state index contributed by atoms with van der Waals surface area (Å²) in [6.07, 6.45) is -0.611. The first kappa shape index (κ1) is 16.3. The van der Waals surface area contributed by atoms with E-state index >= 15 is 0 Å². The summed E-state index contributed by atoms with van der Waals surface area (Å²) in [5, 5.41) is 3.30. The summed E-state index contributed by atoms with van der Waals surface area (Å²) in [5.41, 5.74) is -1.50. The van der Waals surface area contributed by atoms with Crippen molar-refractivity contribution in [1.82, 2.24) is 5.32 Å². The van der Waals surface area contributed by atoms with Gasteiger partial charge in [0.2, 0.25) is 0 Å². The van der Waals surface area contributed by atoms with Gasteiger partial charge in [-0.25, -0.2) is 4.39 Å². The maximum Gasteiger partial charge on any atom is 0.416 e. The highest BCUT2D eigenvalue weighted by Crippen LogP contribution is 2.31. The molecule has 21 heavy (non-hydrogen) atoms. The molecule has 5 heteroatoms. The van der Waals surface area contributed by atoms with Gasteiger partial charge in [0.1, 0.15) is 5.67 Å². The fourth-order valence-corrected chi connectivity index (χ4v) is 2.92. The molecule has 1 nitrogen and oxygen atoms in total. The van der Waals surface area contributed by atoms with E-state index in [2.05, 4.69) is 5.32 Å². The Labute approximate surface area is 122 Å². The molecule has 118 valence electrons. The second kappa shape index (κ2) is 6.34. The molecule has 1 saturated heterocycles. The van der Waals surface area contributed by atoms with Gasteiger partial charge in [-0.05, 0) is 50.4 Å². The highest BCUT2D eigenvalue weighted by Gasteiger charge is 2.31. The normalized spacial score (nSPS) is 22.8. The molecule has 1 N–H and O–H groups in total. The quantitative estimate of drug-likeness (QED) is 0.807. The SMILES string of the molecule is CC(F)(Cc1ccc(C(F)(F)F)cc1)CC1CCCCN1. The molecule has 1 fully saturated rings. The summed E-state index contributed by atoms with van der Waals surface area (Å²) in [6, 6.07) is 4.95. The number of rotatable bonds is 4. The van der Waals surface area contributed by atoms with Crippen molar-refractivity contribution in [3.05, 3.63) is 35.4 Å². The molecule has 1 aliphatic rings. The minimum absolute atomic E-state index is 0.142. The van der Waals surface area contributed by atoms with Crippen molar-refractivity contribution in [2.24, 2.45) is 0 Å². The zero-order valence-corrected chi connectivity index (χ0v) is 12.1. The van der Waals surface area contributed by atoms with Crippen molar-refractivity contribution in [2.45, 2.75) is 56.9 Å². The van der Waals surface area contributed by atoms with Crippen LogP contribution in [0.2, 0.25) is 0 Å². The number of halogens is 4. The molecule has 0 spiro atoms. The summed E-state index contributed by atoms with van der Waals surface area (Å²) >= 11 is 0. The van der Waals surface area contributed by atoms with Gasteiger partial charge in [0.05, 0.1) is 5.56 Å². The van der Waals surface area contributed by atoms with Crippen LogP contribution in [0.5, 0.6) is 0 Å². The van der Waals surface area contributed by atoms with Crippen LogP contribution in [-0.4, -0.2) is 18.3 Å². The lowest BCUT2D eigenvalue weighted by Crippen LogP contribution is -2.40. The smallest absolute Gasteiger partial charge is 0.314 e. The van der Waals surface area contributed by atoms with Gasteiger partial charge in [-0.2, -0.15) is 13.2 Å². The largest absolute Gasteiger partial charge is 0.416 e. The number of benzene rings is 1. The molecule has 0 saturated carbocycles. The standard InChI is InChI=1S/C16H21F4N/c1-15(17,11-14-4-2-3-9-21-14)10-12-5-7-13(8-6-12)16(18,19)20/h5-8,14,21H,2-4,9-11H2,1H3. The Hall–Kier alpha value is -1.10. The van der Waals surface area contributed by atoms with Crippen molar-refractivity contribution >= 4 is 0 Å². The van der Waals surface area contributed by atoms with Crippen molar-refractivity contribution in [1.29, 1.82) is 0 Å². The molecule has 0 radical (unpaired) electrons. The Bertz CT molecular complexity index is 444. The molecule has 1 aromatic rings. The van der Waals surface area contributed by atoms with E-state index in [9.17, 15) is 17.6 Å². The molecule has 0 aliphatic carbocycles. The van der Waals surface area contributed by atoms with Crippen molar-refractivity contribution in [2.75, 3.05) is 6.54 Å². The monoisotopic (exact) mass is 303 g/mol. The van der Waals surface area contributed by atoms with E-state index in [1.807, 2.05) is 0 Å². The van der Waals surface area contributed by atoms with E-state index in [1.54, 1.807) is 0 Å². The number of hydrogen-bond acceptors (Lipinski definition) is 1. The van der Waals surface area contributed by atoms with Gasteiger partial charge in [-0.1, -0.05) is 18.6 Å². The Morgan fingerprint density at radius 1 is 1.10 bits per heavy atom. The number of alkyl halides is 4. The minimum Gasteiger partial charge on any atom is -0.314 e. The third-order valence-corrected chi connectivity index (χ3v) is 3.94. The van der Waals surface area contributed by atoms with Gasteiger partial charge >= 0.3 is 6.18 Å². The fraction of sp³-hybridized carbons (Fsp3) is 0.625. The lowest BCUT2D eigenvalue weighted by Gasteiger charge is -2.30. The average Bonchev–Trinajstić information content (AvgIpc) is 2.38. The van der Waals surface area contributed by atoms with Gasteiger partial charge in [0.15, 0.2) is 0 Å². The maximum atomic E-state index is 14.6. The van der Waals surface area contributed by atoms with Crippen LogP contribution >= 0.6 is 0 Å². The van der Waals surface area contributed by atoms with E-state index in [-0.39, 0.29) is 12.5 Å². The summed E-state index contributed by atoms with van der Waals surface area (Å²) in [5.74, 6) is 0. The van der Waals surface area contributed by atoms with Crippen LogP contribution in [0.3, 0.4) is 0 Å². The van der Waals surface area contributed by atoms with Gasteiger partial charge in [0, 0.05) is 12.5 Å². The Morgan fingerprint density at radius 2 is 1.76 bits per heavy atom. The highest BCUT2D eigenvalue weighted by molar-refractivity contribution is 5.25. The second-order valence-electron chi connectivity index (χ2n) is 6.14. The van der Waals surface area contributed by atoms with Gasteiger partial charge in [-0.15, -0.1) is 0 Å². The lowest BCUT2D eigenvalue weighted by atomic mass is 9.88. The molecule has 0 bridgehead atoms. The Morgan fingerprint density at radius 3 is 2.29 bits per heavy atom. The Kier molecular flexibility index (Phi) is 4.91. The third-order valence-electron chi connectivity index (χ3n) is 3.94.